The van der Waals surface area contributed by atoms with Crippen LogP contribution in [0.5, 0.6) is 0 Å². The van der Waals surface area contributed by atoms with Gasteiger partial charge in [-0.3, -0.25) is 0 Å². The summed E-state index contributed by atoms with van der Waals surface area (Å²) < 4.78 is 0. The van der Waals surface area contributed by atoms with Crippen LogP contribution < -0.4 is 5.73 Å². The van der Waals surface area contributed by atoms with E-state index < -0.39 is 5.72 Å². The Morgan fingerprint density at radius 1 is 1.27 bits per heavy atom. The van der Waals surface area contributed by atoms with Gasteiger partial charge < -0.3 is 5.73 Å². The average molecular weight is 295 g/mol. The highest BCUT2D eigenvalue weighted by Crippen LogP contribution is 2.39. The molecular weight excluding hydrogens is 278 g/mol. The first-order chi connectivity index (χ1) is 10.7. The van der Waals surface area contributed by atoms with Crippen molar-refractivity contribution in [3.05, 3.63) is 48.0 Å². The van der Waals surface area contributed by atoms with Crippen LogP contribution in [-0.4, -0.2) is 33.8 Å². The summed E-state index contributed by atoms with van der Waals surface area (Å²) in [4.78, 5) is 18.7. The minimum atomic E-state index is -0.544. The van der Waals surface area contributed by atoms with Crippen molar-refractivity contribution in [2.75, 3.05) is 7.05 Å². The molecule has 0 saturated heterocycles. The number of nitrogens with zero attached hydrogens (tertiary/aromatic N) is 4. The molecule has 1 aromatic carbocycles. The fourth-order valence-corrected chi connectivity index (χ4v) is 3.29. The molecule has 2 N–H and O–H groups in total. The van der Waals surface area contributed by atoms with Crippen molar-refractivity contribution < 1.29 is 4.84 Å². The highest BCUT2D eigenvalue weighted by molar-refractivity contribution is 5.78. The van der Waals surface area contributed by atoms with E-state index in [2.05, 4.69) is 33.2 Å². The lowest BCUT2D eigenvalue weighted by molar-refractivity contribution is -0.171. The second-order valence-corrected chi connectivity index (χ2v) is 5.75. The second-order valence-electron chi connectivity index (χ2n) is 5.75. The molecule has 0 saturated carbocycles. The van der Waals surface area contributed by atoms with Crippen molar-refractivity contribution >= 4 is 5.96 Å². The molecule has 1 unspecified atom stereocenters. The molecule has 6 nitrogen and oxygen atoms in total. The molecule has 2 aromatic rings. The van der Waals surface area contributed by atoms with E-state index in [1.165, 1.54) is 16.7 Å². The first-order valence-electron chi connectivity index (χ1n) is 7.31. The van der Waals surface area contributed by atoms with E-state index in [0.29, 0.717) is 5.96 Å². The molecule has 0 bridgehead atoms. The molecule has 2 aliphatic rings. The minimum Gasteiger partial charge on any atom is -0.368 e. The van der Waals surface area contributed by atoms with Crippen molar-refractivity contribution in [2.24, 2.45) is 10.7 Å². The van der Waals surface area contributed by atoms with Gasteiger partial charge in [0.1, 0.15) is 6.33 Å². The van der Waals surface area contributed by atoms with Gasteiger partial charge in [0.05, 0.1) is 0 Å². The predicted molar refractivity (Wildman–Crippen MR) is 82.7 cm³/mol. The molecule has 112 valence electrons. The van der Waals surface area contributed by atoms with E-state index in [-0.39, 0.29) is 0 Å². The molecule has 1 atom stereocenters. The zero-order valence-corrected chi connectivity index (χ0v) is 12.4. The number of hydrogen-bond acceptors (Lipinski definition) is 6. The number of benzene rings is 1. The third-order valence-electron chi connectivity index (χ3n) is 4.32. The van der Waals surface area contributed by atoms with Gasteiger partial charge in [-0.2, -0.15) is 0 Å². The largest absolute Gasteiger partial charge is 0.368 e. The highest BCUT2D eigenvalue weighted by Gasteiger charge is 2.42. The smallest absolute Gasteiger partial charge is 0.218 e. The van der Waals surface area contributed by atoms with Gasteiger partial charge in [-0.25, -0.2) is 24.9 Å². The van der Waals surface area contributed by atoms with Crippen LogP contribution in [0.25, 0.3) is 11.1 Å². The number of guanidine groups is 1. The van der Waals surface area contributed by atoms with Crippen LogP contribution in [-0.2, 0) is 17.7 Å². The number of hydrogen-bond donors (Lipinski definition) is 1. The van der Waals surface area contributed by atoms with E-state index in [1.54, 1.807) is 18.4 Å². The molecule has 1 aliphatic heterocycles. The number of nitrogens with two attached hydrogens (primary N) is 1. The molecule has 0 radical (unpaired) electrons. The number of rotatable bonds is 1. The van der Waals surface area contributed by atoms with Crippen LogP contribution in [0, 0.1) is 0 Å². The summed E-state index contributed by atoms with van der Waals surface area (Å²) >= 11 is 0. The van der Waals surface area contributed by atoms with Gasteiger partial charge in [0.15, 0.2) is 5.72 Å². The summed E-state index contributed by atoms with van der Waals surface area (Å²) in [5.41, 5.74) is 10.1. The Hall–Kier alpha value is -2.47. The number of aliphatic imine (C=N–C) groups is 1. The fraction of sp³-hybridized carbons (Fsp3) is 0.312. The maximum Gasteiger partial charge on any atom is 0.218 e. The van der Waals surface area contributed by atoms with Crippen molar-refractivity contribution in [1.82, 2.24) is 15.0 Å². The molecule has 1 aliphatic carbocycles. The minimum absolute atomic E-state index is 0.441. The maximum absolute atomic E-state index is 5.88. The Balaban J connectivity index is 1.74. The third kappa shape index (κ3) is 2.03. The summed E-state index contributed by atoms with van der Waals surface area (Å²) in [5, 5.41) is 1.56. The monoisotopic (exact) mass is 295 g/mol. The molecule has 1 aromatic heterocycles. The first-order valence-corrected chi connectivity index (χ1v) is 7.31. The van der Waals surface area contributed by atoms with E-state index in [9.17, 15) is 0 Å². The number of fused-ring (bicyclic) bond motifs is 1. The molecule has 4 rings (SSSR count). The quantitative estimate of drug-likeness (QED) is 0.863. The summed E-state index contributed by atoms with van der Waals surface area (Å²) in [6, 6.07) is 6.32. The number of hydroxylamine groups is 2. The average Bonchev–Trinajstić information content (AvgIpc) is 2.81. The highest BCUT2D eigenvalue weighted by atomic mass is 16.7. The van der Waals surface area contributed by atoms with Gasteiger partial charge in [-0.05, 0) is 23.1 Å². The fourth-order valence-electron chi connectivity index (χ4n) is 3.29. The third-order valence-corrected chi connectivity index (χ3v) is 4.32. The van der Waals surface area contributed by atoms with Crippen molar-refractivity contribution in [2.45, 2.75) is 25.0 Å². The van der Waals surface area contributed by atoms with Gasteiger partial charge in [0, 0.05) is 37.8 Å². The van der Waals surface area contributed by atoms with Crippen LogP contribution in [0.2, 0.25) is 0 Å². The predicted octanol–water partition coefficient (Wildman–Crippen LogP) is 1.52. The van der Waals surface area contributed by atoms with E-state index >= 15 is 0 Å². The molecule has 0 fully saturated rings. The summed E-state index contributed by atoms with van der Waals surface area (Å²) in [5.74, 6) is 0.441. The lowest BCUT2D eigenvalue weighted by atomic mass is 9.82. The molecule has 1 spiro atoms. The van der Waals surface area contributed by atoms with E-state index in [0.717, 1.165) is 24.8 Å². The Morgan fingerprint density at radius 2 is 2.09 bits per heavy atom. The Kier molecular flexibility index (Phi) is 2.87. The Morgan fingerprint density at radius 3 is 2.82 bits per heavy atom. The normalized spacial score (nSPS) is 23.5. The van der Waals surface area contributed by atoms with E-state index in [1.807, 2.05) is 12.4 Å². The molecule has 22 heavy (non-hydrogen) atoms. The lowest BCUT2D eigenvalue weighted by Gasteiger charge is -2.32. The molecule has 2 heterocycles. The Labute approximate surface area is 128 Å². The van der Waals surface area contributed by atoms with Gasteiger partial charge >= 0.3 is 0 Å². The molecular formula is C16H17N5O. The zero-order valence-electron chi connectivity index (χ0n) is 12.4. The maximum atomic E-state index is 5.88. The van der Waals surface area contributed by atoms with Crippen LogP contribution in [0.1, 0.15) is 17.5 Å². The van der Waals surface area contributed by atoms with Crippen molar-refractivity contribution in [3.8, 4) is 11.1 Å². The number of aromatic nitrogens is 2. The molecule has 0 amide bonds. The van der Waals surface area contributed by atoms with Gasteiger partial charge in [0.25, 0.3) is 0 Å². The summed E-state index contributed by atoms with van der Waals surface area (Å²) in [6.45, 7) is 0. The SMILES string of the molecule is CN1OC2(CCc3c(cccc3-c3cncnc3)C2)N=C1N. The van der Waals surface area contributed by atoms with Gasteiger partial charge in [-0.15, -0.1) is 0 Å². The topological polar surface area (TPSA) is 76.6 Å². The van der Waals surface area contributed by atoms with Crippen molar-refractivity contribution in [3.63, 3.8) is 0 Å². The van der Waals surface area contributed by atoms with Crippen LogP contribution in [0.15, 0.2) is 41.9 Å². The summed E-state index contributed by atoms with van der Waals surface area (Å²) in [6.07, 6.45) is 7.69. The van der Waals surface area contributed by atoms with Gasteiger partial charge in [0.2, 0.25) is 5.96 Å². The van der Waals surface area contributed by atoms with Crippen molar-refractivity contribution in [1.29, 1.82) is 0 Å². The zero-order chi connectivity index (χ0) is 15.2. The standard InChI is InChI=1S/C16H17N5O/c1-21-15(17)20-16(22-21)6-5-14-11(7-16)3-2-4-13(14)12-8-18-10-19-9-12/h2-4,8-10H,5-7H2,1H3,(H2,17,20). The first kappa shape index (κ1) is 13.2. The van der Waals surface area contributed by atoms with Crippen LogP contribution in [0.3, 0.4) is 0 Å². The van der Waals surface area contributed by atoms with Gasteiger partial charge in [-0.1, -0.05) is 18.2 Å². The van der Waals surface area contributed by atoms with E-state index in [4.69, 9.17) is 10.6 Å². The lowest BCUT2D eigenvalue weighted by Crippen LogP contribution is -2.37. The van der Waals surface area contributed by atoms with Crippen LogP contribution >= 0.6 is 0 Å². The van der Waals surface area contributed by atoms with Crippen LogP contribution in [0.4, 0.5) is 0 Å². The summed E-state index contributed by atoms with van der Waals surface area (Å²) in [7, 11) is 1.79. The molecule has 6 heteroatoms. The Bertz CT molecular complexity index is 745. The second kappa shape index (κ2) is 4.78.